The normalized spacial score (nSPS) is 11.2. The van der Waals surface area contributed by atoms with E-state index in [9.17, 15) is 22.8 Å². The van der Waals surface area contributed by atoms with Crippen LogP contribution in [0.25, 0.3) is 5.69 Å². The van der Waals surface area contributed by atoms with Gasteiger partial charge in [0.2, 0.25) is 0 Å². The maximum atomic E-state index is 12.6. The molecule has 2 heterocycles. The van der Waals surface area contributed by atoms with Crippen LogP contribution in [0.2, 0.25) is 0 Å². The van der Waals surface area contributed by atoms with E-state index in [0.29, 0.717) is 11.9 Å². The molecule has 0 spiro atoms. The van der Waals surface area contributed by atoms with E-state index in [4.69, 9.17) is 16.2 Å². The lowest BCUT2D eigenvalue weighted by atomic mass is 10.2. The van der Waals surface area contributed by atoms with Gasteiger partial charge in [0.1, 0.15) is 28.6 Å². The Balaban J connectivity index is 1.82. The highest BCUT2D eigenvalue weighted by Crippen LogP contribution is 2.29. The van der Waals surface area contributed by atoms with Crippen LogP contribution in [-0.2, 0) is 11.0 Å². The van der Waals surface area contributed by atoms with Gasteiger partial charge in [-0.15, -0.1) is 0 Å². The predicted octanol–water partition coefficient (Wildman–Crippen LogP) is 1.98. The Hall–Kier alpha value is -4.09. The van der Waals surface area contributed by atoms with Crippen molar-refractivity contribution in [3.63, 3.8) is 0 Å². The molecular formula is C18H15F3N6O3. The molecule has 0 unspecified atom stereocenters. The summed E-state index contributed by atoms with van der Waals surface area (Å²) in [6, 6.07) is 8.29. The third kappa shape index (κ3) is 4.48. The molecule has 5 N–H and O–H groups in total. The van der Waals surface area contributed by atoms with E-state index in [1.807, 2.05) is 0 Å². The van der Waals surface area contributed by atoms with Gasteiger partial charge in [-0.3, -0.25) is 9.59 Å². The molecule has 30 heavy (non-hydrogen) atoms. The smallest absolute Gasteiger partial charge is 0.417 e. The number of hydrogen-bond donors (Lipinski definition) is 3. The second kappa shape index (κ2) is 8.11. The minimum atomic E-state index is -4.54. The number of nitrogens with one attached hydrogen (secondary N) is 1. The van der Waals surface area contributed by atoms with E-state index >= 15 is 0 Å². The second-order valence-electron chi connectivity index (χ2n) is 5.96. The van der Waals surface area contributed by atoms with E-state index < -0.39 is 23.6 Å². The quantitative estimate of drug-likeness (QED) is 0.558. The predicted molar refractivity (Wildman–Crippen MR) is 99.9 cm³/mol. The topological polar surface area (TPSA) is 138 Å². The maximum Gasteiger partial charge on any atom is 0.417 e. The number of carbonyl (C=O) groups excluding carboxylic acids is 2. The van der Waals surface area contributed by atoms with Crippen LogP contribution in [-0.4, -0.2) is 33.2 Å². The lowest BCUT2D eigenvalue weighted by Gasteiger charge is -2.11. The second-order valence-corrected chi connectivity index (χ2v) is 5.96. The zero-order valence-corrected chi connectivity index (χ0v) is 15.2. The molecular weight excluding hydrogens is 405 g/mol. The number of benzene rings is 1. The van der Waals surface area contributed by atoms with Gasteiger partial charge >= 0.3 is 6.18 Å². The summed E-state index contributed by atoms with van der Waals surface area (Å²) in [5.41, 5.74) is 10.5. The summed E-state index contributed by atoms with van der Waals surface area (Å²) in [7, 11) is 0. The summed E-state index contributed by atoms with van der Waals surface area (Å²) in [6.07, 6.45) is -2.75. The van der Waals surface area contributed by atoms with Gasteiger partial charge < -0.3 is 21.5 Å². The van der Waals surface area contributed by atoms with Crippen molar-refractivity contribution in [2.24, 2.45) is 5.73 Å². The average Bonchev–Trinajstić information content (AvgIpc) is 3.07. The first-order chi connectivity index (χ1) is 14.2. The molecule has 2 amide bonds. The molecule has 0 atom stereocenters. The number of nitrogens with zero attached hydrogens (tertiary/aromatic N) is 3. The number of rotatable bonds is 6. The van der Waals surface area contributed by atoms with Gasteiger partial charge in [0.05, 0.1) is 11.8 Å². The Morgan fingerprint density at radius 1 is 1.13 bits per heavy atom. The molecule has 0 radical (unpaired) electrons. The number of primary amides is 1. The molecule has 0 fully saturated rings. The molecule has 2 aromatic heterocycles. The minimum absolute atomic E-state index is 0.0404. The SMILES string of the molecule is NC(=O)COc1ccccc1-n1ncc(C(=O)Nc2ccc(C(F)(F)F)cn2)c1N. The summed E-state index contributed by atoms with van der Waals surface area (Å²) >= 11 is 0. The Kier molecular flexibility index (Phi) is 5.58. The standard InChI is InChI=1S/C18H15F3N6O3/c19-18(20,21)10-5-6-15(24-7-10)26-17(29)11-8-25-27(16(11)23)12-3-1-2-4-13(12)30-9-14(22)28/h1-8H,9,23H2,(H2,22,28)(H,24,26,29). The lowest BCUT2D eigenvalue weighted by Crippen LogP contribution is -2.20. The number of alkyl halides is 3. The number of halogens is 3. The third-order valence-electron chi connectivity index (χ3n) is 3.85. The number of amides is 2. The molecule has 0 saturated carbocycles. The van der Waals surface area contributed by atoms with Gasteiger partial charge in [0, 0.05) is 6.20 Å². The molecule has 1 aromatic carbocycles. The van der Waals surface area contributed by atoms with E-state index in [2.05, 4.69) is 15.4 Å². The number of pyridine rings is 1. The Bertz CT molecular complexity index is 1080. The van der Waals surface area contributed by atoms with Crippen LogP contribution < -0.4 is 21.5 Å². The van der Waals surface area contributed by atoms with Crippen molar-refractivity contribution in [1.29, 1.82) is 0 Å². The van der Waals surface area contributed by atoms with Crippen molar-refractivity contribution in [2.75, 3.05) is 17.7 Å². The lowest BCUT2D eigenvalue weighted by molar-refractivity contribution is -0.137. The Labute approximate surface area is 167 Å². The molecule has 9 nitrogen and oxygen atoms in total. The van der Waals surface area contributed by atoms with Crippen molar-refractivity contribution in [1.82, 2.24) is 14.8 Å². The van der Waals surface area contributed by atoms with Gasteiger partial charge in [-0.25, -0.2) is 9.67 Å². The minimum Gasteiger partial charge on any atom is -0.482 e. The highest BCUT2D eigenvalue weighted by Gasteiger charge is 2.30. The zero-order chi connectivity index (χ0) is 21.9. The monoisotopic (exact) mass is 420 g/mol. The fourth-order valence-corrected chi connectivity index (χ4v) is 2.45. The van der Waals surface area contributed by atoms with Crippen molar-refractivity contribution >= 4 is 23.5 Å². The summed E-state index contributed by atoms with van der Waals surface area (Å²) in [5.74, 6) is -1.30. The number of nitrogen functional groups attached to an aromatic ring is 1. The number of para-hydroxylation sites is 2. The van der Waals surface area contributed by atoms with Crippen LogP contribution >= 0.6 is 0 Å². The summed E-state index contributed by atoms with van der Waals surface area (Å²) in [4.78, 5) is 27.0. The Morgan fingerprint density at radius 3 is 2.50 bits per heavy atom. The Morgan fingerprint density at radius 2 is 1.87 bits per heavy atom. The van der Waals surface area contributed by atoms with Gasteiger partial charge in [-0.05, 0) is 24.3 Å². The zero-order valence-electron chi connectivity index (χ0n) is 15.2. The summed E-state index contributed by atoms with van der Waals surface area (Å²) in [5, 5.41) is 6.40. The van der Waals surface area contributed by atoms with Crippen LogP contribution in [0.5, 0.6) is 5.75 Å². The molecule has 0 aliphatic heterocycles. The van der Waals surface area contributed by atoms with E-state index in [1.54, 1.807) is 24.3 Å². The molecule has 0 saturated heterocycles. The van der Waals surface area contributed by atoms with Crippen molar-refractivity contribution in [3.05, 3.63) is 59.9 Å². The highest BCUT2D eigenvalue weighted by atomic mass is 19.4. The number of carbonyl (C=O) groups is 2. The molecule has 3 rings (SSSR count). The molecule has 0 aliphatic rings. The van der Waals surface area contributed by atoms with Crippen LogP contribution in [0.4, 0.5) is 24.8 Å². The highest BCUT2D eigenvalue weighted by molar-refractivity contribution is 6.06. The first-order valence-corrected chi connectivity index (χ1v) is 8.35. The fraction of sp³-hybridized carbons (Fsp3) is 0.111. The van der Waals surface area contributed by atoms with Crippen LogP contribution in [0, 0.1) is 0 Å². The van der Waals surface area contributed by atoms with Crippen molar-refractivity contribution in [3.8, 4) is 11.4 Å². The first-order valence-electron chi connectivity index (χ1n) is 8.35. The van der Waals surface area contributed by atoms with Crippen LogP contribution in [0.15, 0.2) is 48.8 Å². The number of hydrogen-bond acceptors (Lipinski definition) is 6. The number of aromatic nitrogens is 3. The number of ether oxygens (including phenoxy) is 1. The first kappa shape index (κ1) is 20.6. The molecule has 3 aromatic rings. The van der Waals surface area contributed by atoms with Gasteiger partial charge in [0.25, 0.3) is 11.8 Å². The van der Waals surface area contributed by atoms with Crippen LogP contribution in [0.3, 0.4) is 0 Å². The van der Waals surface area contributed by atoms with Crippen molar-refractivity contribution in [2.45, 2.75) is 6.18 Å². The van der Waals surface area contributed by atoms with E-state index in [0.717, 1.165) is 12.1 Å². The maximum absolute atomic E-state index is 12.6. The van der Waals surface area contributed by atoms with Crippen molar-refractivity contribution < 1.29 is 27.5 Å². The largest absolute Gasteiger partial charge is 0.482 e. The van der Waals surface area contributed by atoms with E-state index in [1.165, 1.54) is 10.9 Å². The fourth-order valence-electron chi connectivity index (χ4n) is 2.45. The molecule has 156 valence electrons. The molecule has 12 heteroatoms. The van der Waals surface area contributed by atoms with Crippen LogP contribution in [0.1, 0.15) is 15.9 Å². The summed E-state index contributed by atoms with van der Waals surface area (Å²) in [6.45, 7) is -0.370. The average molecular weight is 420 g/mol. The summed E-state index contributed by atoms with van der Waals surface area (Å²) < 4.78 is 44.3. The number of anilines is 2. The third-order valence-corrected chi connectivity index (χ3v) is 3.85. The molecule has 0 bridgehead atoms. The van der Waals surface area contributed by atoms with Gasteiger partial charge in [-0.1, -0.05) is 12.1 Å². The van der Waals surface area contributed by atoms with E-state index in [-0.39, 0.29) is 29.6 Å². The van der Waals surface area contributed by atoms with Gasteiger partial charge in [0.15, 0.2) is 6.61 Å². The molecule has 0 aliphatic carbocycles. The number of nitrogens with two attached hydrogens (primary N) is 2. The van der Waals surface area contributed by atoms with Gasteiger partial charge in [-0.2, -0.15) is 18.3 Å².